The van der Waals surface area contributed by atoms with Crippen LogP contribution >= 0.6 is 0 Å². The van der Waals surface area contributed by atoms with Gasteiger partial charge in [0, 0.05) is 24.6 Å². The molecule has 1 saturated carbocycles. The summed E-state index contributed by atoms with van der Waals surface area (Å²) in [5, 5.41) is 6.31. The molecule has 1 fully saturated rings. The molecule has 170 valence electrons. The fraction of sp³-hybridized carbons (Fsp3) is 0.480. The number of hydrogen-bond acceptors (Lipinski definition) is 6. The second kappa shape index (κ2) is 10.4. The van der Waals surface area contributed by atoms with Crippen molar-refractivity contribution in [1.82, 2.24) is 9.97 Å². The monoisotopic (exact) mass is 438 g/mol. The second-order valence-corrected chi connectivity index (χ2v) is 9.11. The maximum atomic E-state index is 13.4. The molecule has 1 aliphatic rings. The van der Waals surface area contributed by atoms with Gasteiger partial charge in [-0.25, -0.2) is 9.37 Å². The number of anilines is 3. The van der Waals surface area contributed by atoms with Crippen LogP contribution in [0.1, 0.15) is 58.9 Å². The molecule has 0 saturated heterocycles. The molecule has 1 aliphatic carbocycles. The maximum absolute atomic E-state index is 13.4. The van der Waals surface area contributed by atoms with Crippen LogP contribution in [0.15, 0.2) is 30.5 Å². The van der Waals surface area contributed by atoms with E-state index in [0.29, 0.717) is 29.8 Å². The predicted molar refractivity (Wildman–Crippen MR) is 124 cm³/mol. The molecule has 0 aliphatic heterocycles. The third-order valence-electron chi connectivity index (χ3n) is 4.93. The SMILES string of the molecule is CCCNc1nc(Nc2cccc(F)c2)ncc1C#CC1CC(CC(=O)OC(C)(C)C)C1. The summed E-state index contributed by atoms with van der Waals surface area (Å²) in [6.45, 7) is 8.47. The van der Waals surface area contributed by atoms with E-state index in [1.165, 1.54) is 12.1 Å². The second-order valence-electron chi connectivity index (χ2n) is 9.11. The Hall–Kier alpha value is -3.14. The number of rotatable bonds is 7. The first kappa shape index (κ1) is 23.5. The number of carbonyl (C=O) groups is 1. The minimum Gasteiger partial charge on any atom is -0.460 e. The Morgan fingerprint density at radius 3 is 2.78 bits per heavy atom. The lowest BCUT2D eigenvalue weighted by Gasteiger charge is -2.32. The zero-order valence-corrected chi connectivity index (χ0v) is 19.2. The fourth-order valence-corrected chi connectivity index (χ4v) is 3.43. The molecule has 0 amide bonds. The number of benzene rings is 1. The van der Waals surface area contributed by atoms with Gasteiger partial charge in [-0.15, -0.1) is 0 Å². The van der Waals surface area contributed by atoms with Crippen molar-refractivity contribution < 1.29 is 13.9 Å². The van der Waals surface area contributed by atoms with E-state index in [1.807, 2.05) is 20.8 Å². The van der Waals surface area contributed by atoms with Crippen LogP contribution in [-0.4, -0.2) is 28.1 Å². The van der Waals surface area contributed by atoms with Crippen molar-refractivity contribution in [2.45, 2.75) is 59.0 Å². The van der Waals surface area contributed by atoms with Gasteiger partial charge in [0.2, 0.25) is 5.95 Å². The van der Waals surface area contributed by atoms with Crippen LogP contribution in [-0.2, 0) is 9.53 Å². The van der Waals surface area contributed by atoms with E-state index < -0.39 is 5.60 Å². The van der Waals surface area contributed by atoms with Crippen LogP contribution in [0, 0.1) is 29.5 Å². The summed E-state index contributed by atoms with van der Waals surface area (Å²) in [6.07, 6.45) is 4.85. The lowest BCUT2D eigenvalue weighted by atomic mass is 9.73. The van der Waals surface area contributed by atoms with Crippen molar-refractivity contribution in [2.24, 2.45) is 11.8 Å². The van der Waals surface area contributed by atoms with Gasteiger partial charge >= 0.3 is 5.97 Å². The summed E-state index contributed by atoms with van der Waals surface area (Å²) in [7, 11) is 0. The lowest BCUT2D eigenvalue weighted by Crippen LogP contribution is -2.29. The van der Waals surface area contributed by atoms with Crippen LogP contribution in [0.5, 0.6) is 0 Å². The van der Waals surface area contributed by atoms with E-state index in [2.05, 4.69) is 39.4 Å². The first-order valence-electron chi connectivity index (χ1n) is 11.1. The van der Waals surface area contributed by atoms with Crippen molar-refractivity contribution in [3.8, 4) is 11.8 Å². The topological polar surface area (TPSA) is 76.1 Å². The standard InChI is InChI=1S/C25H31FN4O2/c1-5-11-27-23-19(16-28-24(30-23)29-21-8-6-7-20(26)15-21)10-9-17-12-18(13-17)14-22(31)32-25(2,3)4/h6-8,15-18H,5,11-14H2,1-4H3,(H2,27,28,29,30). The summed E-state index contributed by atoms with van der Waals surface area (Å²) >= 11 is 0. The average Bonchev–Trinajstić information content (AvgIpc) is 2.67. The fourth-order valence-electron chi connectivity index (χ4n) is 3.43. The maximum Gasteiger partial charge on any atom is 0.306 e. The molecule has 2 N–H and O–H groups in total. The number of ether oxygens (including phenoxy) is 1. The zero-order valence-electron chi connectivity index (χ0n) is 19.2. The Morgan fingerprint density at radius 1 is 1.31 bits per heavy atom. The van der Waals surface area contributed by atoms with E-state index in [-0.39, 0.29) is 17.7 Å². The third-order valence-corrected chi connectivity index (χ3v) is 4.93. The minimum atomic E-state index is -0.447. The van der Waals surface area contributed by atoms with Gasteiger partial charge in [-0.3, -0.25) is 4.79 Å². The molecule has 1 aromatic heterocycles. The summed E-state index contributed by atoms with van der Waals surface area (Å²) in [4.78, 5) is 20.8. The Bertz CT molecular complexity index is 1000. The van der Waals surface area contributed by atoms with Crippen LogP contribution in [0.2, 0.25) is 0 Å². The summed E-state index contributed by atoms with van der Waals surface area (Å²) in [5.41, 5.74) is 0.854. The van der Waals surface area contributed by atoms with Gasteiger partial charge in [-0.2, -0.15) is 4.98 Å². The Morgan fingerprint density at radius 2 is 2.09 bits per heavy atom. The van der Waals surface area contributed by atoms with Gasteiger partial charge in [0.15, 0.2) is 0 Å². The van der Waals surface area contributed by atoms with Crippen LogP contribution in [0.25, 0.3) is 0 Å². The highest BCUT2D eigenvalue weighted by atomic mass is 19.1. The lowest BCUT2D eigenvalue weighted by molar-refractivity contribution is -0.156. The summed E-state index contributed by atoms with van der Waals surface area (Å²) in [6, 6.07) is 6.16. The van der Waals surface area contributed by atoms with E-state index >= 15 is 0 Å². The molecule has 6 nitrogen and oxygen atoms in total. The molecule has 3 rings (SSSR count). The first-order valence-corrected chi connectivity index (χ1v) is 11.1. The van der Waals surface area contributed by atoms with Crippen molar-refractivity contribution >= 4 is 23.4 Å². The molecular weight excluding hydrogens is 407 g/mol. The van der Waals surface area contributed by atoms with Gasteiger partial charge in [-0.05, 0) is 64.2 Å². The van der Waals surface area contributed by atoms with Crippen LogP contribution in [0.4, 0.5) is 21.8 Å². The number of nitrogens with zero attached hydrogens (tertiary/aromatic N) is 2. The summed E-state index contributed by atoms with van der Waals surface area (Å²) < 4.78 is 18.8. The third kappa shape index (κ3) is 7.23. The highest BCUT2D eigenvalue weighted by Gasteiger charge is 2.31. The smallest absolute Gasteiger partial charge is 0.306 e. The zero-order chi connectivity index (χ0) is 23.1. The van der Waals surface area contributed by atoms with Gasteiger partial charge in [0.05, 0.1) is 11.8 Å². The first-order chi connectivity index (χ1) is 15.2. The molecule has 0 atom stereocenters. The Balaban J connectivity index is 1.62. The molecule has 1 aromatic carbocycles. The minimum absolute atomic E-state index is 0.144. The highest BCUT2D eigenvalue weighted by Crippen LogP contribution is 2.36. The number of carbonyl (C=O) groups excluding carboxylic acids is 1. The summed E-state index contributed by atoms with van der Waals surface area (Å²) in [5.74, 6) is 7.63. The molecular formula is C25H31FN4O2. The molecule has 0 unspecified atom stereocenters. The molecule has 2 aromatic rings. The van der Waals surface area contributed by atoms with Crippen molar-refractivity contribution in [2.75, 3.05) is 17.2 Å². The normalized spacial score (nSPS) is 17.5. The molecule has 7 heteroatoms. The largest absolute Gasteiger partial charge is 0.460 e. The van der Waals surface area contributed by atoms with Crippen LogP contribution in [0.3, 0.4) is 0 Å². The molecule has 0 radical (unpaired) electrons. The number of aromatic nitrogens is 2. The molecule has 1 heterocycles. The van der Waals surface area contributed by atoms with Crippen molar-refractivity contribution in [3.05, 3.63) is 41.8 Å². The van der Waals surface area contributed by atoms with E-state index in [1.54, 1.807) is 18.3 Å². The number of nitrogens with one attached hydrogen (secondary N) is 2. The number of hydrogen-bond donors (Lipinski definition) is 2. The Kier molecular flexibility index (Phi) is 7.68. The van der Waals surface area contributed by atoms with Gasteiger partial charge in [0.1, 0.15) is 17.2 Å². The van der Waals surface area contributed by atoms with E-state index in [0.717, 1.165) is 31.4 Å². The van der Waals surface area contributed by atoms with E-state index in [9.17, 15) is 9.18 Å². The Labute approximate surface area is 189 Å². The average molecular weight is 439 g/mol. The quantitative estimate of drug-likeness (QED) is 0.452. The van der Waals surface area contributed by atoms with Gasteiger partial charge < -0.3 is 15.4 Å². The van der Waals surface area contributed by atoms with E-state index in [4.69, 9.17) is 4.74 Å². The molecule has 0 spiro atoms. The number of halogens is 1. The van der Waals surface area contributed by atoms with Crippen molar-refractivity contribution in [3.63, 3.8) is 0 Å². The molecule has 32 heavy (non-hydrogen) atoms. The van der Waals surface area contributed by atoms with Gasteiger partial charge in [-0.1, -0.05) is 24.8 Å². The van der Waals surface area contributed by atoms with Gasteiger partial charge in [0.25, 0.3) is 0 Å². The highest BCUT2D eigenvalue weighted by molar-refractivity contribution is 5.70. The van der Waals surface area contributed by atoms with Crippen molar-refractivity contribution in [1.29, 1.82) is 0 Å². The van der Waals surface area contributed by atoms with Crippen LogP contribution < -0.4 is 10.6 Å². The molecule has 0 bridgehead atoms. The predicted octanol–water partition coefficient (Wildman–Crippen LogP) is 5.29. The number of esters is 1.